The number of benzene rings is 1. The van der Waals surface area contributed by atoms with Crippen molar-refractivity contribution in [2.75, 3.05) is 0 Å². The molecule has 4 nitrogen and oxygen atoms in total. The van der Waals surface area contributed by atoms with Gasteiger partial charge in [-0.25, -0.2) is 0 Å². The fraction of sp³-hybridized carbons (Fsp3) is 0.467. The number of carboxylic acid groups (broad SMARTS) is 2. The van der Waals surface area contributed by atoms with Gasteiger partial charge >= 0.3 is 11.9 Å². The van der Waals surface area contributed by atoms with Gasteiger partial charge in [-0.05, 0) is 12.1 Å². The molecule has 0 amide bonds. The number of carboxylic acids is 2. The number of rotatable bonds is 9. The maximum Gasteiger partial charge on any atom is 0.303 e. The van der Waals surface area contributed by atoms with Crippen LogP contribution in [-0.4, -0.2) is 30.2 Å². The van der Waals surface area contributed by atoms with Gasteiger partial charge in [0.2, 0.25) is 0 Å². The van der Waals surface area contributed by atoms with Crippen LogP contribution in [0.5, 0.6) is 0 Å². The van der Waals surface area contributed by atoms with Gasteiger partial charge in [-0.1, -0.05) is 54.9 Å². The van der Waals surface area contributed by atoms with Crippen molar-refractivity contribution in [3.05, 3.63) is 30.3 Å². The first-order chi connectivity index (χ1) is 9.50. The highest BCUT2D eigenvalue weighted by Crippen LogP contribution is 2.26. The fourth-order valence-electron chi connectivity index (χ4n) is 2.77. The highest BCUT2D eigenvalue weighted by Gasteiger charge is 2.34. The van der Waals surface area contributed by atoms with Crippen molar-refractivity contribution < 1.29 is 19.8 Å². The van der Waals surface area contributed by atoms with Crippen molar-refractivity contribution in [3.63, 3.8) is 0 Å². The molecule has 2 N–H and O–H groups in total. The number of carbonyl (C=O) groups is 2. The Morgan fingerprint density at radius 1 is 0.950 bits per heavy atom. The Hall–Kier alpha value is -1.62. The molecule has 0 aliphatic heterocycles. The van der Waals surface area contributed by atoms with Crippen molar-refractivity contribution in [2.45, 2.75) is 44.3 Å². The van der Waals surface area contributed by atoms with Crippen LogP contribution in [0.15, 0.2) is 30.3 Å². The lowest BCUT2D eigenvalue weighted by atomic mass is 10.4. The average molecular weight is 294 g/mol. The van der Waals surface area contributed by atoms with E-state index in [-0.39, 0.29) is 12.8 Å². The molecule has 0 bridgehead atoms. The highest BCUT2D eigenvalue weighted by atomic mass is 28.3. The van der Waals surface area contributed by atoms with Gasteiger partial charge in [-0.15, -0.1) is 0 Å². The molecule has 0 aromatic heterocycles. The summed E-state index contributed by atoms with van der Waals surface area (Å²) in [4.78, 5) is 21.9. The molecule has 0 spiro atoms. The second kappa shape index (κ2) is 7.84. The van der Waals surface area contributed by atoms with Crippen molar-refractivity contribution in [2.24, 2.45) is 0 Å². The Balaban J connectivity index is 3.04. The SMILES string of the molecule is CCC[Si](CCC(=O)O)(CCC(=O)O)c1ccccc1. The summed E-state index contributed by atoms with van der Waals surface area (Å²) >= 11 is 0. The minimum Gasteiger partial charge on any atom is -0.481 e. The van der Waals surface area contributed by atoms with Crippen LogP contribution in [0.2, 0.25) is 18.1 Å². The third kappa shape index (κ3) is 4.81. The zero-order chi connectivity index (χ0) is 15.0. The van der Waals surface area contributed by atoms with E-state index in [0.29, 0.717) is 12.1 Å². The molecule has 0 unspecified atom stereocenters. The molecule has 0 radical (unpaired) electrons. The zero-order valence-electron chi connectivity index (χ0n) is 11.8. The third-order valence-electron chi connectivity index (χ3n) is 3.75. The maximum atomic E-state index is 10.9. The van der Waals surface area contributed by atoms with E-state index in [4.69, 9.17) is 10.2 Å². The molecule has 5 heteroatoms. The Bertz CT molecular complexity index is 426. The van der Waals surface area contributed by atoms with Crippen LogP contribution >= 0.6 is 0 Å². The zero-order valence-corrected chi connectivity index (χ0v) is 12.8. The fourth-order valence-corrected chi connectivity index (χ4v) is 7.63. The van der Waals surface area contributed by atoms with E-state index < -0.39 is 20.0 Å². The van der Waals surface area contributed by atoms with E-state index in [9.17, 15) is 9.59 Å². The van der Waals surface area contributed by atoms with Crippen LogP contribution < -0.4 is 5.19 Å². The standard InChI is InChI=1S/C15H22O4Si/c1-2-10-20(11-8-14(16)17,12-9-15(18)19)13-6-4-3-5-7-13/h3-7H,2,8-12H2,1H3,(H,16,17)(H,18,19). The normalized spacial score (nSPS) is 11.2. The topological polar surface area (TPSA) is 74.6 Å². The van der Waals surface area contributed by atoms with Crippen LogP contribution in [-0.2, 0) is 9.59 Å². The van der Waals surface area contributed by atoms with Crippen LogP contribution in [0.1, 0.15) is 26.2 Å². The lowest BCUT2D eigenvalue weighted by molar-refractivity contribution is -0.137. The lowest BCUT2D eigenvalue weighted by Crippen LogP contribution is -2.48. The summed E-state index contributed by atoms with van der Waals surface area (Å²) in [6.07, 6.45) is 1.21. The molecular formula is C15H22O4Si. The number of hydrogen-bond acceptors (Lipinski definition) is 2. The molecule has 0 fully saturated rings. The van der Waals surface area contributed by atoms with Crippen LogP contribution in [0.4, 0.5) is 0 Å². The molecule has 0 aliphatic rings. The minimum absolute atomic E-state index is 0.126. The molecular weight excluding hydrogens is 272 g/mol. The van der Waals surface area contributed by atoms with Crippen molar-refractivity contribution in [1.29, 1.82) is 0 Å². The summed E-state index contributed by atoms with van der Waals surface area (Å²) in [6.45, 7) is 2.08. The monoisotopic (exact) mass is 294 g/mol. The molecule has 1 rings (SSSR count). The second-order valence-electron chi connectivity index (χ2n) is 5.18. The summed E-state index contributed by atoms with van der Waals surface area (Å²) in [7, 11) is -2.06. The Morgan fingerprint density at radius 2 is 1.45 bits per heavy atom. The molecule has 0 saturated heterocycles. The summed E-state index contributed by atoms with van der Waals surface area (Å²) in [6, 6.07) is 12.1. The van der Waals surface area contributed by atoms with E-state index in [1.807, 2.05) is 30.3 Å². The molecule has 1 aromatic carbocycles. The predicted molar refractivity (Wildman–Crippen MR) is 81.0 cm³/mol. The van der Waals surface area contributed by atoms with Gasteiger partial charge in [0, 0.05) is 12.8 Å². The summed E-state index contributed by atoms with van der Waals surface area (Å²) in [5.41, 5.74) is 0. The van der Waals surface area contributed by atoms with Gasteiger partial charge in [0.05, 0.1) is 8.07 Å². The first-order valence-corrected chi connectivity index (χ1v) is 9.61. The van der Waals surface area contributed by atoms with Crippen LogP contribution in [0.3, 0.4) is 0 Å². The van der Waals surface area contributed by atoms with E-state index >= 15 is 0 Å². The van der Waals surface area contributed by atoms with Gasteiger partial charge < -0.3 is 10.2 Å². The molecule has 20 heavy (non-hydrogen) atoms. The maximum absolute atomic E-state index is 10.9. The minimum atomic E-state index is -2.06. The van der Waals surface area contributed by atoms with Crippen molar-refractivity contribution in [1.82, 2.24) is 0 Å². The van der Waals surface area contributed by atoms with Crippen molar-refractivity contribution >= 4 is 25.2 Å². The predicted octanol–water partition coefficient (Wildman–Crippen LogP) is 2.70. The molecule has 0 atom stereocenters. The lowest BCUT2D eigenvalue weighted by Gasteiger charge is -2.31. The summed E-state index contributed by atoms with van der Waals surface area (Å²) in [5, 5.41) is 19.1. The number of hydrogen-bond donors (Lipinski definition) is 2. The van der Waals surface area contributed by atoms with Crippen molar-refractivity contribution in [3.8, 4) is 0 Å². The average Bonchev–Trinajstić information content (AvgIpc) is 2.43. The van der Waals surface area contributed by atoms with Gasteiger partial charge in [-0.3, -0.25) is 9.59 Å². The van der Waals surface area contributed by atoms with Gasteiger partial charge in [-0.2, -0.15) is 0 Å². The van der Waals surface area contributed by atoms with E-state index in [1.54, 1.807) is 0 Å². The van der Waals surface area contributed by atoms with E-state index in [1.165, 1.54) is 5.19 Å². The largest absolute Gasteiger partial charge is 0.481 e. The van der Waals surface area contributed by atoms with Gasteiger partial charge in [0.1, 0.15) is 0 Å². The first-order valence-electron chi connectivity index (χ1n) is 6.99. The molecule has 0 aliphatic carbocycles. The first kappa shape index (κ1) is 16.4. The van der Waals surface area contributed by atoms with Gasteiger partial charge in [0.15, 0.2) is 0 Å². The molecule has 0 heterocycles. The quantitative estimate of drug-likeness (QED) is 0.687. The van der Waals surface area contributed by atoms with E-state index in [2.05, 4.69) is 6.92 Å². The van der Waals surface area contributed by atoms with Crippen LogP contribution in [0.25, 0.3) is 0 Å². The molecule has 1 aromatic rings. The Morgan fingerprint density at radius 3 is 1.85 bits per heavy atom. The van der Waals surface area contributed by atoms with Crippen LogP contribution in [0, 0.1) is 0 Å². The summed E-state index contributed by atoms with van der Waals surface area (Å²) in [5.74, 6) is -1.60. The molecule has 110 valence electrons. The second-order valence-corrected chi connectivity index (χ2v) is 9.82. The smallest absolute Gasteiger partial charge is 0.303 e. The Kier molecular flexibility index (Phi) is 6.44. The number of aliphatic carboxylic acids is 2. The highest BCUT2D eigenvalue weighted by molar-refractivity contribution is 6.92. The van der Waals surface area contributed by atoms with E-state index in [0.717, 1.165) is 12.5 Å². The Labute approximate surface area is 120 Å². The summed E-state index contributed by atoms with van der Waals surface area (Å²) < 4.78 is 0. The third-order valence-corrected chi connectivity index (χ3v) is 9.18. The van der Waals surface area contributed by atoms with Gasteiger partial charge in [0.25, 0.3) is 0 Å². The molecule has 0 saturated carbocycles.